The summed E-state index contributed by atoms with van der Waals surface area (Å²) >= 11 is 13.5. The summed E-state index contributed by atoms with van der Waals surface area (Å²) in [7, 11) is 0. The molecule has 0 bridgehead atoms. The van der Waals surface area contributed by atoms with Crippen molar-refractivity contribution in [3.05, 3.63) is 58.1 Å². The SMILES string of the molecule is O=C(CCN1C(=O)CSc2ccccc21)NCCc1ccc(Cl)cc1Cl. The van der Waals surface area contributed by atoms with Gasteiger partial charge in [0.1, 0.15) is 0 Å². The number of nitrogens with zero attached hydrogens (tertiary/aromatic N) is 1. The molecule has 0 unspecified atom stereocenters. The van der Waals surface area contributed by atoms with Crippen molar-refractivity contribution in [1.29, 1.82) is 0 Å². The van der Waals surface area contributed by atoms with Gasteiger partial charge in [-0.1, -0.05) is 41.4 Å². The van der Waals surface area contributed by atoms with E-state index in [1.165, 1.54) is 11.8 Å². The highest BCUT2D eigenvalue weighted by Crippen LogP contribution is 2.34. The summed E-state index contributed by atoms with van der Waals surface area (Å²) in [6.07, 6.45) is 0.892. The maximum atomic E-state index is 12.2. The first-order valence-electron chi connectivity index (χ1n) is 8.27. The third-order valence-corrected chi connectivity index (χ3v) is 5.74. The van der Waals surface area contributed by atoms with Gasteiger partial charge in [-0.3, -0.25) is 9.59 Å². The minimum absolute atomic E-state index is 0.0365. The van der Waals surface area contributed by atoms with E-state index < -0.39 is 0 Å². The van der Waals surface area contributed by atoms with E-state index in [1.807, 2.05) is 30.3 Å². The van der Waals surface area contributed by atoms with Gasteiger partial charge in [-0.05, 0) is 36.2 Å². The molecule has 26 heavy (non-hydrogen) atoms. The van der Waals surface area contributed by atoms with E-state index in [0.29, 0.717) is 35.3 Å². The number of thioether (sulfide) groups is 1. The van der Waals surface area contributed by atoms with Crippen LogP contribution in [-0.4, -0.2) is 30.7 Å². The Balaban J connectivity index is 1.49. The normalized spacial score (nSPS) is 13.5. The number of carbonyl (C=O) groups is 2. The molecule has 136 valence electrons. The second-order valence-corrected chi connectivity index (χ2v) is 7.75. The van der Waals surface area contributed by atoms with Crippen LogP contribution in [0, 0.1) is 0 Å². The van der Waals surface area contributed by atoms with Crippen LogP contribution in [0.1, 0.15) is 12.0 Å². The van der Waals surface area contributed by atoms with Gasteiger partial charge in [-0.15, -0.1) is 11.8 Å². The highest BCUT2D eigenvalue weighted by atomic mass is 35.5. The molecule has 4 nitrogen and oxygen atoms in total. The largest absolute Gasteiger partial charge is 0.356 e. The predicted octanol–water partition coefficient (Wildman–Crippen LogP) is 4.18. The molecule has 1 heterocycles. The molecule has 1 N–H and O–H groups in total. The van der Waals surface area contributed by atoms with Crippen LogP contribution in [0.15, 0.2) is 47.4 Å². The number of carbonyl (C=O) groups excluding carboxylic acids is 2. The Hall–Kier alpha value is -1.69. The molecule has 0 fully saturated rings. The topological polar surface area (TPSA) is 49.4 Å². The quantitative estimate of drug-likeness (QED) is 0.779. The van der Waals surface area contributed by atoms with Crippen LogP contribution in [0.4, 0.5) is 5.69 Å². The molecule has 7 heteroatoms. The Kier molecular flexibility index (Phi) is 6.46. The first-order chi connectivity index (χ1) is 12.5. The summed E-state index contributed by atoms with van der Waals surface area (Å²) in [5.74, 6) is 0.362. The van der Waals surface area contributed by atoms with E-state index in [0.717, 1.165) is 16.1 Å². The van der Waals surface area contributed by atoms with Gasteiger partial charge in [0.2, 0.25) is 11.8 Å². The number of para-hydroxylation sites is 1. The Labute approximate surface area is 166 Å². The molecule has 0 aromatic heterocycles. The average molecular weight is 409 g/mol. The molecule has 2 aromatic carbocycles. The first-order valence-corrected chi connectivity index (χ1v) is 10.0. The maximum Gasteiger partial charge on any atom is 0.237 e. The molecule has 0 aliphatic carbocycles. The summed E-state index contributed by atoms with van der Waals surface area (Å²) in [5, 5.41) is 4.06. The van der Waals surface area contributed by atoms with Gasteiger partial charge in [0.25, 0.3) is 0 Å². The molecule has 2 amide bonds. The van der Waals surface area contributed by atoms with Crippen molar-refractivity contribution < 1.29 is 9.59 Å². The van der Waals surface area contributed by atoms with Crippen molar-refractivity contribution in [3.63, 3.8) is 0 Å². The van der Waals surface area contributed by atoms with Gasteiger partial charge in [-0.25, -0.2) is 0 Å². The van der Waals surface area contributed by atoms with Gasteiger partial charge in [0, 0.05) is 34.5 Å². The van der Waals surface area contributed by atoms with E-state index in [2.05, 4.69) is 5.32 Å². The molecule has 0 atom stereocenters. The molecule has 1 aliphatic heterocycles. The molecule has 2 aromatic rings. The molecule has 0 saturated heterocycles. The van der Waals surface area contributed by atoms with Crippen LogP contribution >= 0.6 is 35.0 Å². The third kappa shape index (κ3) is 4.72. The number of benzene rings is 2. The summed E-state index contributed by atoms with van der Waals surface area (Å²) in [6, 6.07) is 13.1. The Morgan fingerprint density at radius 3 is 2.81 bits per heavy atom. The maximum absolute atomic E-state index is 12.2. The lowest BCUT2D eigenvalue weighted by molar-refractivity contribution is -0.121. The molecule has 1 aliphatic rings. The minimum atomic E-state index is -0.0846. The second kappa shape index (κ2) is 8.80. The molecule has 0 saturated carbocycles. The number of hydrogen-bond acceptors (Lipinski definition) is 3. The number of amides is 2. The van der Waals surface area contributed by atoms with Crippen LogP contribution in [0.2, 0.25) is 10.0 Å². The molecule has 3 rings (SSSR count). The summed E-state index contributed by atoms with van der Waals surface area (Å²) < 4.78 is 0. The molecular formula is C19H18Cl2N2O2S. The zero-order valence-corrected chi connectivity index (χ0v) is 16.3. The van der Waals surface area contributed by atoms with Crippen LogP contribution < -0.4 is 10.2 Å². The van der Waals surface area contributed by atoms with E-state index in [4.69, 9.17) is 23.2 Å². The Morgan fingerprint density at radius 1 is 1.19 bits per heavy atom. The van der Waals surface area contributed by atoms with E-state index in [1.54, 1.807) is 17.0 Å². The van der Waals surface area contributed by atoms with Crippen molar-refractivity contribution in [1.82, 2.24) is 5.32 Å². The van der Waals surface area contributed by atoms with Crippen LogP contribution in [0.3, 0.4) is 0 Å². The van der Waals surface area contributed by atoms with Gasteiger partial charge in [-0.2, -0.15) is 0 Å². The van der Waals surface area contributed by atoms with Crippen molar-refractivity contribution in [2.24, 2.45) is 0 Å². The number of rotatable bonds is 6. The highest BCUT2D eigenvalue weighted by molar-refractivity contribution is 8.00. The molecule has 0 spiro atoms. The zero-order chi connectivity index (χ0) is 18.5. The zero-order valence-electron chi connectivity index (χ0n) is 14.0. The van der Waals surface area contributed by atoms with E-state index in [-0.39, 0.29) is 18.2 Å². The number of nitrogens with one attached hydrogen (secondary N) is 1. The van der Waals surface area contributed by atoms with E-state index >= 15 is 0 Å². The van der Waals surface area contributed by atoms with Crippen molar-refractivity contribution >= 4 is 52.5 Å². The average Bonchev–Trinajstić information content (AvgIpc) is 2.62. The fourth-order valence-electron chi connectivity index (χ4n) is 2.76. The van der Waals surface area contributed by atoms with Crippen LogP contribution in [-0.2, 0) is 16.0 Å². The third-order valence-electron chi connectivity index (χ3n) is 4.10. The van der Waals surface area contributed by atoms with Crippen LogP contribution in [0.25, 0.3) is 0 Å². The Bertz CT molecular complexity index is 829. The minimum Gasteiger partial charge on any atom is -0.356 e. The number of hydrogen-bond donors (Lipinski definition) is 1. The lowest BCUT2D eigenvalue weighted by Gasteiger charge is -2.28. The van der Waals surface area contributed by atoms with Crippen molar-refractivity contribution in [3.8, 4) is 0 Å². The summed E-state index contributed by atoms with van der Waals surface area (Å²) in [4.78, 5) is 27.1. The van der Waals surface area contributed by atoms with Crippen molar-refractivity contribution in [2.45, 2.75) is 17.7 Å². The fourth-order valence-corrected chi connectivity index (χ4v) is 4.20. The predicted molar refractivity (Wildman–Crippen MR) is 107 cm³/mol. The van der Waals surface area contributed by atoms with Crippen molar-refractivity contribution in [2.75, 3.05) is 23.7 Å². The summed E-state index contributed by atoms with van der Waals surface area (Å²) in [5.41, 5.74) is 1.82. The number of halogens is 2. The molecule has 0 radical (unpaired) electrons. The molecular weight excluding hydrogens is 391 g/mol. The lowest BCUT2D eigenvalue weighted by atomic mass is 10.1. The van der Waals surface area contributed by atoms with Gasteiger partial charge >= 0.3 is 0 Å². The Morgan fingerprint density at radius 2 is 2.00 bits per heavy atom. The standard InChI is InChI=1S/C19H18Cl2N2O2S/c20-14-6-5-13(15(21)11-14)7-9-22-18(24)8-10-23-16-3-1-2-4-17(16)26-12-19(23)25/h1-6,11H,7-10,12H2,(H,22,24). The van der Waals surface area contributed by atoms with Gasteiger partial charge < -0.3 is 10.2 Å². The van der Waals surface area contributed by atoms with Gasteiger partial charge in [0.15, 0.2) is 0 Å². The first kappa shape index (κ1) is 19.1. The van der Waals surface area contributed by atoms with Gasteiger partial charge in [0.05, 0.1) is 11.4 Å². The number of anilines is 1. The second-order valence-electron chi connectivity index (χ2n) is 5.89. The highest BCUT2D eigenvalue weighted by Gasteiger charge is 2.24. The lowest BCUT2D eigenvalue weighted by Crippen LogP contribution is -2.38. The summed E-state index contributed by atoms with van der Waals surface area (Å²) in [6.45, 7) is 0.866. The fraction of sp³-hybridized carbons (Fsp3) is 0.263. The smallest absolute Gasteiger partial charge is 0.237 e. The monoisotopic (exact) mass is 408 g/mol. The van der Waals surface area contributed by atoms with E-state index in [9.17, 15) is 9.59 Å². The van der Waals surface area contributed by atoms with Crippen LogP contribution in [0.5, 0.6) is 0 Å². The number of fused-ring (bicyclic) bond motifs is 1.